The van der Waals surface area contributed by atoms with Gasteiger partial charge in [0.1, 0.15) is 5.75 Å². The molecule has 22 heavy (non-hydrogen) atoms. The van der Waals surface area contributed by atoms with E-state index in [1.165, 1.54) is 5.56 Å². The van der Waals surface area contributed by atoms with Crippen molar-refractivity contribution in [1.29, 1.82) is 0 Å². The number of aryl methyl sites for hydroxylation is 2. The molecule has 1 aliphatic heterocycles. The third kappa shape index (κ3) is 5.85. The van der Waals surface area contributed by atoms with E-state index in [9.17, 15) is 4.79 Å². The number of halogens is 1. The highest BCUT2D eigenvalue weighted by atomic mass is 35.5. The zero-order valence-corrected chi connectivity index (χ0v) is 14.4. The predicted molar refractivity (Wildman–Crippen MR) is 92.0 cm³/mol. The Hall–Kier alpha value is -1.26. The lowest BCUT2D eigenvalue weighted by Gasteiger charge is -2.27. The van der Waals surface area contributed by atoms with Crippen LogP contribution in [-0.2, 0) is 4.79 Å². The Bertz CT molecular complexity index is 474. The number of piperazine rings is 1. The Labute approximate surface area is 139 Å². The topological polar surface area (TPSA) is 41.6 Å². The van der Waals surface area contributed by atoms with Gasteiger partial charge < -0.3 is 15.0 Å². The van der Waals surface area contributed by atoms with Crippen LogP contribution in [0.25, 0.3) is 0 Å². The van der Waals surface area contributed by atoms with Crippen molar-refractivity contribution in [3.8, 4) is 5.75 Å². The first-order valence-electron chi connectivity index (χ1n) is 7.85. The van der Waals surface area contributed by atoms with Gasteiger partial charge in [0.25, 0.3) is 0 Å². The van der Waals surface area contributed by atoms with Crippen LogP contribution in [0.3, 0.4) is 0 Å². The highest BCUT2D eigenvalue weighted by Gasteiger charge is 2.15. The number of benzene rings is 1. The van der Waals surface area contributed by atoms with Gasteiger partial charge in [-0.25, -0.2) is 0 Å². The van der Waals surface area contributed by atoms with Crippen LogP contribution in [0.1, 0.15) is 30.4 Å². The molecule has 1 fully saturated rings. The van der Waals surface area contributed by atoms with Crippen molar-refractivity contribution in [2.75, 3.05) is 32.8 Å². The number of hydrogen-bond acceptors (Lipinski definition) is 3. The van der Waals surface area contributed by atoms with Crippen LogP contribution in [0.4, 0.5) is 0 Å². The lowest BCUT2D eigenvalue weighted by Crippen LogP contribution is -2.46. The Morgan fingerprint density at radius 1 is 1.23 bits per heavy atom. The number of amides is 1. The first-order chi connectivity index (χ1) is 10.2. The standard InChI is InChI=1S/C17H26N2O2.ClH/c1-14-6-7-15(2)16(13-14)21-12-4-3-5-17(20)19-10-8-18-9-11-19;/h6-7,13,18H,3-5,8-12H2,1-2H3;1H. The van der Waals surface area contributed by atoms with E-state index in [4.69, 9.17) is 4.74 Å². The van der Waals surface area contributed by atoms with Crippen molar-refractivity contribution in [3.63, 3.8) is 0 Å². The van der Waals surface area contributed by atoms with E-state index in [-0.39, 0.29) is 18.3 Å². The van der Waals surface area contributed by atoms with E-state index < -0.39 is 0 Å². The molecule has 1 heterocycles. The van der Waals surface area contributed by atoms with E-state index in [0.29, 0.717) is 13.0 Å². The van der Waals surface area contributed by atoms with Gasteiger partial charge in [0.05, 0.1) is 6.61 Å². The minimum Gasteiger partial charge on any atom is -0.493 e. The van der Waals surface area contributed by atoms with Crippen LogP contribution < -0.4 is 10.1 Å². The molecule has 0 radical (unpaired) electrons. The maximum Gasteiger partial charge on any atom is 0.222 e. The molecule has 4 nitrogen and oxygen atoms in total. The van der Waals surface area contributed by atoms with Gasteiger partial charge >= 0.3 is 0 Å². The number of nitrogens with one attached hydrogen (secondary N) is 1. The normalized spacial score (nSPS) is 14.4. The summed E-state index contributed by atoms with van der Waals surface area (Å²) in [5, 5.41) is 3.26. The second kappa shape index (κ2) is 9.70. The van der Waals surface area contributed by atoms with Gasteiger partial charge in [-0.3, -0.25) is 4.79 Å². The van der Waals surface area contributed by atoms with Crippen LogP contribution in [-0.4, -0.2) is 43.6 Å². The van der Waals surface area contributed by atoms with Crippen LogP contribution in [0.5, 0.6) is 5.75 Å². The molecule has 0 aromatic heterocycles. The van der Waals surface area contributed by atoms with Crippen molar-refractivity contribution in [2.24, 2.45) is 0 Å². The molecule has 0 aliphatic carbocycles. The molecule has 0 unspecified atom stereocenters. The predicted octanol–water partition coefficient (Wildman–Crippen LogP) is 2.71. The maximum absolute atomic E-state index is 12.0. The van der Waals surface area contributed by atoms with Gasteiger partial charge in [-0.1, -0.05) is 12.1 Å². The lowest BCUT2D eigenvalue weighted by atomic mass is 10.1. The molecular weight excluding hydrogens is 300 g/mol. The molecule has 0 spiro atoms. The molecular formula is C17H27ClN2O2. The van der Waals surface area contributed by atoms with Gasteiger partial charge in [0.15, 0.2) is 0 Å². The molecule has 1 aliphatic rings. The largest absolute Gasteiger partial charge is 0.493 e. The maximum atomic E-state index is 12.0. The van der Waals surface area contributed by atoms with E-state index in [2.05, 4.69) is 37.4 Å². The molecule has 1 amide bonds. The summed E-state index contributed by atoms with van der Waals surface area (Å²) in [4.78, 5) is 13.9. The molecule has 0 bridgehead atoms. The summed E-state index contributed by atoms with van der Waals surface area (Å²) in [6, 6.07) is 6.24. The smallest absolute Gasteiger partial charge is 0.222 e. The average molecular weight is 327 g/mol. The van der Waals surface area contributed by atoms with Crippen molar-refractivity contribution in [2.45, 2.75) is 33.1 Å². The number of ether oxygens (including phenoxy) is 1. The fourth-order valence-electron chi connectivity index (χ4n) is 2.50. The summed E-state index contributed by atoms with van der Waals surface area (Å²) in [7, 11) is 0. The van der Waals surface area contributed by atoms with Crippen molar-refractivity contribution < 1.29 is 9.53 Å². The number of unbranched alkanes of at least 4 members (excludes halogenated alkanes) is 1. The first-order valence-corrected chi connectivity index (χ1v) is 7.85. The number of carbonyl (C=O) groups excluding carboxylic acids is 1. The highest BCUT2D eigenvalue weighted by molar-refractivity contribution is 5.85. The summed E-state index contributed by atoms with van der Waals surface area (Å²) in [6.45, 7) is 8.33. The quantitative estimate of drug-likeness (QED) is 0.817. The van der Waals surface area contributed by atoms with E-state index in [0.717, 1.165) is 50.3 Å². The van der Waals surface area contributed by atoms with Crippen LogP contribution in [0.2, 0.25) is 0 Å². The van der Waals surface area contributed by atoms with Crippen LogP contribution in [0.15, 0.2) is 18.2 Å². The van der Waals surface area contributed by atoms with Crippen LogP contribution in [0, 0.1) is 13.8 Å². The van der Waals surface area contributed by atoms with Gasteiger partial charge in [-0.15, -0.1) is 12.4 Å². The van der Waals surface area contributed by atoms with E-state index in [1.54, 1.807) is 0 Å². The minimum atomic E-state index is 0. The Morgan fingerprint density at radius 2 is 1.95 bits per heavy atom. The number of carbonyl (C=O) groups is 1. The molecule has 1 aromatic rings. The van der Waals surface area contributed by atoms with Crippen molar-refractivity contribution >= 4 is 18.3 Å². The van der Waals surface area contributed by atoms with Crippen molar-refractivity contribution in [3.05, 3.63) is 29.3 Å². The number of rotatable bonds is 6. The van der Waals surface area contributed by atoms with Gasteiger partial charge in [-0.05, 0) is 43.9 Å². The summed E-state index contributed by atoms with van der Waals surface area (Å²) < 4.78 is 5.81. The second-order valence-corrected chi connectivity index (χ2v) is 5.71. The zero-order chi connectivity index (χ0) is 15.1. The summed E-state index contributed by atoms with van der Waals surface area (Å²) >= 11 is 0. The highest BCUT2D eigenvalue weighted by Crippen LogP contribution is 2.19. The Morgan fingerprint density at radius 3 is 2.68 bits per heavy atom. The molecule has 2 rings (SSSR count). The van der Waals surface area contributed by atoms with E-state index in [1.807, 2.05) is 4.90 Å². The third-order valence-electron chi connectivity index (χ3n) is 3.86. The monoisotopic (exact) mass is 326 g/mol. The SMILES string of the molecule is Cc1ccc(C)c(OCCCCC(=O)N2CCNCC2)c1.Cl. The fraction of sp³-hybridized carbons (Fsp3) is 0.588. The molecule has 124 valence electrons. The second-order valence-electron chi connectivity index (χ2n) is 5.71. The van der Waals surface area contributed by atoms with Crippen LogP contribution >= 0.6 is 12.4 Å². The number of hydrogen-bond donors (Lipinski definition) is 1. The summed E-state index contributed by atoms with van der Waals surface area (Å²) in [5.41, 5.74) is 2.38. The molecule has 5 heteroatoms. The molecule has 0 atom stereocenters. The molecule has 1 aromatic carbocycles. The fourth-order valence-corrected chi connectivity index (χ4v) is 2.50. The molecule has 1 saturated heterocycles. The first kappa shape index (κ1) is 18.8. The minimum absolute atomic E-state index is 0. The Balaban J connectivity index is 0.00000242. The average Bonchev–Trinajstić information content (AvgIpc) is 2.51. The summed E-state index contributed by atoms with van der Waals surface area (Å²) in [5.74, 6) is 1.24. The van der Waals surface area contributed by atoms with Gasteiger partial charge in [0.2, 0.25) is 5.91 Å². The number of nitrogens with zero attached hydrogens (tertiary/aromatic N) is 1. The lowest BCUT2D eigenvalue weighted by molar-refractivity contribution is -0.131. The van der Waals surface area contributed by atoms with E-state index >= 15 is 0 Å². The Kier molecular flexibility index (Phi) is 8.28. The third-order valence-corrected chi connectivity index (χ3v) is 3.86. The van der Waals surface area contributed by atoms with Gasteiger partial charge in [0, 0.05) is 32.6 Å². The zero-order valence-electron chi connectivity index (χ0n) is 13.6. The summed E-state index contributed by atoms with van der Waals surface area (Å²) in [6.07, 6.45) is 2.45. The van der Waals surface area contributed by atoms with Gasteiger partial charge in [-0.2, -0.15) is 0 Å². The van der Waals surface area contributed by atoms with Crippen molar-refractivity contribution in [1.82, 2.24) is 10.2 Å². The molecule has 1 N–H and O–H groups in total. The molecule has 0 saturated carbocycles.